The van der Waals surface area contributed by atoms with Crippen molar-refractivity contribution in [1.29, 1.82) is 0 Å². The number of aryl methyl sites for hydroxylation is 1. The number of carbonyl (C=O) groups excluding carboxylic acids is 1. The molecule has 1 saturated carbocycles. The molecule has 0 unspecified atom stereocenters. The SMILES string of the molecule is CCc1cc(C2=C(C)CC3(CC3)C2)ccc1NC(=O)c1c(F)cncc1F. The lowest BCUT2D eigenvalue weighted by molar-refractivity contribution is 0.101. The van der Waals surface area contributed by atoms with E-state index in [2.05, 4.69) is 23.3 Å². The molecule has 1 N–H and O–H groups in total. The zero-order valence-corrected chi connectivity index (χ0v) is 15.5. The van der Waals surface area contributed by atoms with Crippen LogP contribution in [0.25, 0.3) is 5.57 Å². The van der Waals surface area contributed by atoms with Crippen LogP contribution in [0, 0.1) is 17.0 Å². The van der Waals surface area contributed by atoms with Crippen molar-refractivity contribution in [2.75, 3.05) is 5.32 Å². The molecule has 1 spiro atoms. The molecule has 5 heteroatoms. The summed E-state index contributed by atoms with van der Waals surface area (Å²) in [6, 6.07) is 5.92. The van der Waals surface area contributed by atoms with E-state index < -0.39 is 23.1 Å². The van der Waals surface area contributed by atoms with Gasteiger partial charge in [-0.25, -0.2) is 8.78 Å². The van der Waals surface area contributed by atoms with Crippen LogP contribution in [-0.4, -0.2) is 10.9 Å². The fourth-order valence-electron chi connectivity index (χ4n) is 4.15. The van der Waals surface area contributed by atoms with Crippen molar-refractivity contribution in [3.05, 3.63) is 64.5 Å². The lowest BCUT2D eigenvalue weighted by atomic mass is 9.96. The Balaban J connectivity index is 1.61. The van der Waals surface area contributed by atoms with Crippen molar-refractivity contribution in [2.45, 2.75) is 46.0 Å². The number of carbonyl (C=O) groups is 1. The maximum absolute atomic E-state index is 13.8. The highest BCUT2D eigenvalue weighted by Crippen LogP contribution is 2.61. The fourth-order valence-corrected chi connectivity index (χ4v) is 4.15. The first-order valence-electron chi connectivity index (χ1n) is 9.35. The zero-order chi connectivity index (χ0) is 19.2. The van der Waals surface area contributed by atoms with Crippen molar-refractivity contribution in [2.24, 2.45) is 5.41 Å². The molecule has 1 fully saturated rings. The van der Waals surface area contributed by atoms with E-state index in [0.29, 0.717) is 17.5 Å². The third-order valence-electron chi connectivity index (χ3n) is 5.83. The van der Waals surface area contributed by atoms with Crippen molar-refractivity contribution in [3.63, 3.8) is 0 Å². The van der Waals surface area contributed by atoms with Crippen molar-refractivity contribution in [1.82, 2.24) is 4.98 Å². The number of amides is 1. The first kappa shape index (κ1) is 17.8. The van der Waals surface area contributed by atoms with Crippen LogP contribution < -0.4 is 5.32 Å². The molecule has 1 amide bonds. The minimum atomic E-state index is -0.969. The Kier molecular flexibility index (Phi) is 4.33. The van der Waals surface area contributed by atoms with Gasteiger partial charge in [-0.15, -0.1) is 0 Å². The number of hydrogen-bond donors (Lipinski definition) is 1. The lowest BCUT2D eigenvalue weighted by Crippen LogP contribution is -2.17. The Morgan fingerprint density at radius 3 is 2.48 bits per heavy atom. The van der Waals surface area contributed by atoms with Crippen LogP contribution in [0.1, 0.15) is 61.0 Å². The number of nitrogens with zero attached hydrogens (tertiary/aromatic N) is 1. The molecule has 140 valence electrons. The number of aromatic nitrogens is 1. The number of pyridine rings is 1. The van der Waals surface area contributed by atoms with Crippen molar-refractivity contribution >= 4 is 17.2 Å². The molecule has 2 aliphatic carbocycles. The Morgan fingerprint density at radius 2 is 1.89 bits per heavy atom. The molecular formula is C22H22F2N2O. The normalized spacial score (nSPS) is 17.5. The van der Waals surface area contributed by atoms with Crippen LogP contribution in [0.3, 0.4) is 0 Å². The summed E-state index contributed by atoms with van der Waals surface area (Å²) in [6.07, 6.45) is 7.32. The second kappa shape index (κ2) is 6.55. The van der Waals surface area contributed by atoms with Crippen LogP contribution in [0.4, 0.5) is 14.5 Å². The maximum Gasteiger partial charge on any atom is 0.261 e. The highest BCUT2D eigenvalue weighted by Gasteiger charge is 2.47. The summed E-state index contributed by atoms with van der Waals surface area (Å²) >= 11 is 0. The van der Waals surface area contributed by atoms with Gasteiger partial charge in [-0.1, -0.05) is 18.6 Å². The third kappa shape index (κ3) is 3.27. The molecule has 0 bridgehead atoms. The quantitative estimate of drug-likeness (QED) is 0.772. The summed E-state index contributed by atoms with van der Waals surface area (Å²) in [5, 5.41) is 2.65. The Hall–Kier alpha value is -2.56. The van der Waals surface area contributed by atoms with Gasteiger partial charge in [-0.2, -0.15) is 0 Å². The van der Waals surface area contributed by atoms with E-state index in [4.69, 9.17) is 0 Å². The summed E-state index contributed by atoms with van der Waals surface area (Å²) in [5.41, 5.74) is 5.48. The number of allylic oxidation sites excluding steroid dienone is 2. The molecule has 2 aliphatic rings. The van der Waals surface area contributed by atoms with Gasteiger partial charge in [0.25, 0.3) is 5.91 Å². The highest BCUT2D eigenvalue weighted by molar-refractivity contribution is 6.05. The van der Waals surface area contributed by atoms with Crippen LogP contribution in [-0.2, 0) is 6.42 Å². The molecule has 4 rings (SSSR count). The number of benzene rings is 1. The molecule has 2 aromatic rings. The molecule has 1 aromatic heterocycles. The Morgan fingerprint density at radius 1 is 1.19 bits per heavy atom. The number of rotatable bonds is 4. The number of halogens is 2. The smallest absolute Gasteiger partial charge is 0.261 e. The average Bonchev–Trinajstić information content (AvgIpc) is 3.30. The number of hydrogen-bond acceptors (Lipinski definition) is 2. The van der Waals surface area contributed by atoms with Gasteiger partial charge in [0, 0.05) is 5.69 Å². The Bertz CT molecular complexity index is 941. The summed E-state index contributed by atoms with van der Waals surface area (Å²) in [4.78, 5) is 15.8. The van der Waals surface area contributed by atoms with Crippen LogP contribution >= 0.6 is 0 Å². The number of anilines is 1. The molecule has 0 aliphatic heterocycles. The van der Waals surface area contributed by atoms with E-state index in [1.807, 2.05) is 19.1 Å². The predicted molar refractivity (Wildman–Crippen MR) is 101 cm³/mol. The first-order chi connectivity index (χ1) is 12.9. The largest absolute Gasteiger partial charge is 0.322 e. The fraction of sp³-hybridized carbons (Fsp3) is 0.364. The van der Waals surface area contributed by atoms with Crippen LogP contribution in [0.15, 0.2) is 36.2 Å². The van der Waals surface area contributed by atoms with Gasteiger partial charge < -0.3 is 5.32 Å². The summed E-state index contributed by atoms with van der Waals surface area (Å²) in [7, 11) is 0. The molecular weight excluding hydrogens is 346 g/mol. The van der Waals surface area contributed by atoms with Crippen LogP contribution in [0.2, 0.25) is 0 Å². The van der Waals surface area contributed by atoms with Crippen LogP contribution in [0.5, 0.6) is 0 Å². The van der Waals surface area contributed by atoms with Gasteiger partial charge in [0.2, 0.25) is 0 Å². The Labute approximate surface area is 157 Å². The summed E-state index contributed by atoms with van der Waals surface area (Å²) in [6.45, 7) is 4.21. The van der Waals surface area contributed by atoms with E-state index >= 15 is 0 Å². The van der Waals surface area contributed by atoms with Crippen molar-refractivity contribution < 1.29 is 13.6 Å². The molecule has 0 radical (unpaired) electrons. The van der Waals surface area contributed by atoms with E-state index in [-0.39, 0.29) is 0 Å². The van der Waals surface area contributed by atoms with Gasteiger partial charge in [-0.05, 0) is 73.3 Å². The van der Waals surface area contributed by atoms with E-state index in [1.54, 1.807) is 0 Å². The van der Waals surface area contributed by atoms with Gasteiger partial charge >= 0.3 is 0 Å². The van der Waals surface area contributed by atoms with Gasteiger partial charge in [-0.3, -0.25) is 9.78 Å². The number of nitrogens with one attached hydrogen (secondary N) is 1. The third-order valence-corrected chi connectivity index (χ3v) is 5.83. The minimum absolute atomic E-state index is 0.509. The molecule has 3 nitrogen and oxygen atoms in total. The molecule has 27 heavy (non-hydrogen) atoms. The van der Waals surface area contributed by atoms with E-state index in [9.17, 15) is 13.6 Å². The average molecular weight is 368 g/mol. The lowest BCUT2D eigenvalue weighted by Gasteiger charge is -2.14. The van der Waals surface area contributed by atoms with Gasteiger partial charge in [0.05, 0.1) is 12.4 Å². The van der Waals surface area contributed by atoms with Gasteiger partial charge in [0.15, 0.2) is 11.6 Å². The second-order valence-electron chi connectivity index (χ2n) is 7.77. The molecule has 1 aromatic carbocycles. The maximum atomic E-state index is 13.8. The second-order valence-corrected chi connectivity index (χ2v) is 7.77. The summed E-state index contributed by atoms with van der Waals surface area (Å²) < 4.78 is 27.6. The highest BCUT2D eigenvalue weighted by atomic mass is 19.1. The first-order valence-corrected chi connectivity index (χ1v) is 9.35. The standard InChI is InChI=1S/C22H22F2N2O/c1-3-14-8-15(16-10-22(6-7-22)9-13(16)2)4-5-19(14)26-21(27)20-17(23)11-25-12-18(20)24/h4-5,8,11-12H,3,6-7,9-10H2,1-2H3,(H,26,27). The minimum Gasteiger partial charge on any atom is -0.322 e. The molecule has 1 heterocycles. The monoisotopic (exact) mass is 368 g/mol. The van der Waals surface area contributed by atoms with Gasteiger partial charge in [0.1, 0.15) is 5.56 Å². The van der Waals surface area contributed by atoms with E-state index in [1.165, 1.54) is 36.0 Å². The van der Waals surface area contributed by atoms with E-state index in [0.717, 1.165) is 24.4 Å². The molecule has 0 saturated heterocycles. The summed E-state index contributed by atoms with van der Waals surface area (Å²) in [5.74, 6) is -2.74. The van der Waals surface area contributed by atoms with Crippen molar-refractivity contribution in [3.8, 4) is 0 Å². The topological polar surface area (TPSA) is 42.0 Å². The molecule has 0 atom stereocenters. The zero-order valence-electron chi connectivity index (χ0n) is 15.5. The predicted octanol–water partition coefficient (Wildman–Crippen LogP) is 5.52.